The lowest BCUT2D eigenvalue weighted by atomic mass is 9.90. The summed E-state index contributed by atoms with van der Waals surface area (Å²) in [5, 5.41) is 0. The molecule has 0 bridgehead atoms. The molecule has 0 radical (unpaired) electrons. The van der Waals surface area contributed by atoms with Crippen LogP contribution in [0.4, 0.5) is 0 Å². The number of aryl methyl sites for hydroxylation is 2. The molecule has 1 saturated heterocycles. The molecule has 2 heterocycles. The van der Waals surface area contributed by atoms with E-state index in [-0.39, 0.29) is 29.5 Å². The number of pyridine rings is 1. The van der Waals surface area contributed by atoms with Crippen molar-refractivity contribution < 1.29 is 9.53 Å². The monoisotopic (exact) mass is 444 g/mol. The van der Waals surface area contributed by atoms with Crippen LogP contribution in [0.15, 0.2) is 77.7 Å². The van der Waals surface area contributed by atoms with Crippen molar-refractivity contribution in [2.75, 3.05) is 13.2 Å². The van der Waals surface area contributed by atoms with Gasteiger partial charge in [0.25, 0.3) is 11.5 Å². The van der Waals surface area contributed by atoms with E-state index >= 15 is 0 Å². The number of carbonyl (C=O) groups excluding carboxylic acids is 1. The number of nitrogens with zero attached hydrogens (tertiary/aromatic N) is 2. The van der Waals surface area contributed by atoms with E-state index in [1.807, 2.05) is 41.3 Å². The highest BCUT2D eigenvalue weighted by molar-refractivity contribution is 5.94. The van der Waals surface area contributed by atoms with Gasteiger partial charge in [0.15, 0.2) is 0 Å². The van der Waals surface area contributed by atoms with Crippen LogP contribution in [0.25, 0.3) is 0 Å². The second-order valence-electron chi connectivity index (χ2n) is 8.95. The van der Waals surface area contributed by atoms with Gasteiger partial charge in [0, 0.05) is 37.9 Å². The standard InChI is InChI=1S/C28H32N2O3/c1-20-17-24(18-29(3)27(20)31)28(32)30(21(2)26-15-10-16-33-26)19-25(22-11-6-4-7-12-22)23-13-8-5-9-14-23/h4-9,11-14,17-18,21,25-26H,10,15-16,19H2,1-3H3. The van der Waals surface area contributed by atoms with Gasteiger partial charge in [0.05, 0.1) is 17.7 Å². The molecule has 0 N–H and O–H groups in total. The van der Waals surface area contributed by atoms with Gasteiger partial charge in [0.2, 0.25) is 0 Å². The van der Waals surface area contributed by atoms with Crippen LogP contribution in [0.2, 0.25) is 0 Å². The SMILES string of the molecule is Cc1cc(C(=O)N(CC(c2ccccc2)c2ccccc2)C(C)C2CCCO2)cn(C)c1=O. The maximum absolute atomic E-state index is 13.9. The summed E-state index contributed by atoms with van der Waals surface area (Å²) in [5.41, 5.74) is 3.34. The zero-order chi connectivity index (χ0) is 23.4. The van der Waals surface area contributed by atoms with Crippen molar-refractivity contribution in [3.05, 3.63) is 106 Å². The van der Waals surface area contributed by atoms with E-state index in [4.69, 9.17) is 4.74 Å². The third-order valence-corrected chi connectivity index (χ3v) is 6.65. The quantitative estimate of drug-likeness (QED) is 0.538. The fourth-order valence-corrected chi connectivity index (χ4v) is 4.75. The van der Waals surface area contributed by atoms with E-state index in [1.165, 1.54) is 4.57 Å². The van der Waals surface area contributed by atoms with Gasteiger partial charge < -0.3 is 14.2 Å². The fourth-order valence-electron chi connectivity index (χ4n) is 4.75. The zero-order valence-corrected chi connectivity index (χ0v) is 19.6. The summed E-state index contributed by atoms with van der Waals surface area (Å²) in [6.07, 6.45) is 3.61. The van der Waals surface area contributed by atoms with E-state index in [2.05, 4.69) is 31.2 Å². The first-order valence-corrected chi connectivity index (χ1v) is 11.7. The van der Waals surface area contributed by atoms with Crippen LogP contribution in [0.1, 0.15) is 52.7 Å². The smallest absolute Gasteiger partial charge is 0.255 e. The first-order valence-electron chi connectivity index (χ1n) is 11.7. The molecule has 5 nitrogen and oxygen atoms in total. The van der Waals surface area contributed by atoms with E-state index in [9.17, 15) is 9.59 Å². The Labute approximate surface area is 195 Å². The van der Waals surface area contributed by atoms with Gasteiger partial charge in [-0.05, 0) is 43.9 Å². The molecule has 4 rings (SSSR count). The predicted molar refractivity (Wildman–Crippen MR) is 131 cm³/mol. The molecular weight excluding hydrogens is 412 g/mol. The molecule has 172 valence electrons. The Hall–Kier alpha value is -3.18. The molecule has 5 heteroatoms. The lowest BCUT2D eigenvalue weighted by Gasteiger charge is -2.36. The van der Waals surface area contributed by atoms with Crippen molar-refractivity contribution in [1.29, 1.82) is 0 Å². The summed E-state index contributed by atoms with van der Waals surface area (Å²) in [5.74, 6) is -0.0533. The van der Waals surface area contributed by atoms with E-state index in [0.717, 1.165) is 30.6 Å². The Bertz CT molecular complexity index is 1070. The highest BCUT2D eigenvalue weighted by Gasteiger charge is 2.33. The average molecular weight is 445 g/mol. The minimum absolute atomic E-state index is 0.00905. The van der Waals surface area contributed by atoms with Crippen LogP contribution in [0, 0.1) is 6.92 Å². The third kappa shape index (κ3) is 5.09. The number of hydrogen-bond donors (Lipinski definition) is 0. The Morgan fingerprint density at radius 3 is 2.21 bits per heavy atom. The Kier molecular flexibility index (Phi) is 7.09. The minimum atomic E-state index is -0.0903. The van der Waals surface area contributed by atoms with Gasteiger partial charge >= 0.3 is 0 Å². The molecule has 3 aromatic rings. The van der Waals surface area contributed by atoms with Crippen molar-refractivity contribution >= 4 is 5.91 Å². The van der Waals surface area contributed by atoms with Crippen molar-refractivity contribution in [2.24, 2.45) is 7.05 Å². The van der Waals surface area contributed by atoms with Gasteiger partial charge in [-0.15, -0.1) is 0 Å². The third-order valence-electron chi connectivity index (χ3n) is 6.65. The fraction of sp³-hybridized carbons (Fsp3) is 0.357. The van der Waals surface area contributed by atoms with Gasteiger partial charge in [-0.2, -0.15) is 0 Å². The summed E-state index contributed by atoms with van der Waals surface area (Å²) < 4.78 is 7.48. The first-order chi connectivity index (χ1) is 16.0. The summed E-state index contributed by atoms with van der Waals surface area (Å²) in [6, 6.07) is 22.3. The average Bonchev–Trinajstić information content (AvgIpc) is 3.38. The number of benzene rings is 2. The molecule has 1 fully saturated rings. The van der Waals surface area contributed by atoms with Crippen LogP contribution in [0.3, 0.4) is 0 Å². The molecule has 0 spiro atoms. The van der Waals surface area contributed by atoms with Crippen LogP contribution < -0.4 is 5.56 Å². The van der Waals surface area contributed by atoms with Crippen LogP contribution >= 0.6 is 0 Å². The largest absolute Gasteiger partial charge is 0.376 e. The summed E-state index contributed by atoms with van der Waals surface area (Å²) in [7, 11) is 1.69. The molecule has 1 aliphatic heterocycles. The maximum Gasteiger partial charge on any atom is 0.255 e. The number of aromatic nitrogens is 1. The lowest BCUT2D eigenvalue weighted by Crippen LogP contribution is -2.47. The predicted octanol–water partition coefficient (Wildman–Crippen LogP) is 4.54. The van der Waals surface area contributed by atoms with Crippen molar-refractivity contribution in [3.63, 3.8) is 0 Å². The van der Waals surface area contributed by atoms with E-state index in [0.29, 0.717) is 17.7 Å². The Morgan fingerprint density at radius 2 is 1.70 bits per heavy atom. The molecule has 33 heavy (non-hydrogen) atoms. The van der Waals surface area contributed by atoms with Crippen LogP contribution in [0.5, 0.6) is 0 Å². The highest BCUT2D eigenvalue weighted by Crippen LogP contribution is 2.29. The number of carbonyl (C=O) groups is 1. The molecule has 2 aromatic carbocycles. The van der Waals surface area contributed by atoms with Crippen LogP contribution in [-0.2, 0) is 11.8 Å². The highest BCUT2D eigenvalue weighted by atomic mass is 16.5. The molecule has 2 atom stereocenters. The number of amides is 1. The second-order valence-corrected chi connectivity index (χ2v) is 8.95. The molecule has 1 aromatic heterocycles. The molecule has 1 aliphatic rings. The first kappa shape index (κ1) is 23.0. The lowest BCUT2D eigenvalue weighted by molar-refractivity contribution is 0.0254. The number of hydrogen-bond acceptors (Lipinski definition) is 3. The summed E-state index contributed by atoms with van der Waals surface area (Å²) in [6.45, 7) is 5.09. The zero-order valence-electron chi connectivity index (χ0n) is 19.6. The number of rotatable bonds is 7. The van der Waals surface area contributed by atoms with E-state index in [1.54, 1.807) is 26.2 Å². The minimum Gasteiger partial charge on any atom is -0.376 e. The van der Waals surface area contributed by atoms with Gasteiger partial charge in [-0.1, -0.05) is 60.7 Å². The molecular formula is C28H32N2O3. The second kappa shape index (κ2) is 10.2. The van der Waals surface area contributed by atoms with Gasteiger partial charge in [-0.25, -0.2) is 0 Å². The molecule has 1 amide bonds. The van der Waals surface area contributed by atoms with Crippen molar-refractivity contribution in [2.45, 2.75) is 44.8 Å². The Morgan fingerprint density at radius 1 is 1.09 bits per heavy atom. The van der Waals surface area contributed by atoms with E-state index < -0.39 is 0 Å². The topological polar surface area (TPSA) is 51.5 Å². The summed E-state index contributed by atoms with van der Waals surface area (Å²) >= 11 is 0. The number of ether oxygens (including phenoxy) is 1. The molecule has 2 unspecified atom stereocenters. The Balaban J connectivity index is 1.75. The summed E-state index contributed by atoms with van der Waals surface area (Å²) in [4.78, 5) is 28.1. The molecule has 0 saturated carbocycles. The van der Waals surface area contributed by atoms with Crippen molar-refractivity contribution in [3.8, 4) is 0 Å². The normalized spacial score (nSPS) is 16.7. The van der Waals surface area contributed by atoms with Crippen molar-refractivity contribution in [1.82, 2.24) is 9.47 Å². The van der Waals surface area contributed by atoms with Gasteiger partial charge in [-0.3, -0.25) is 9.59 Å². The van der Waals surface area contributed by atoms with Crippen LogP contribution in [-0.4, -0.2) is 40.7 Å². The maximum atomic E-state index is 13.9. The molecule has 0 aliphatic carbocycles. The van der Waals surface area contributed by atoms with Gasteiger partial charge in [0.1, 0.15) is 0 Å².